The van der Waals surface area contributed by atoms with Crippen molar-refractivity contribution >= 4 is 17.4 Å². The number of ether oxygens (including phenoxy) is 3. The summed E-state index contributed by atoms with van der Waals surface area (Å²) in [6.45, 7) is 4.63. The van der Waals surface area contributed by atoms with Crippen LogP contribution in [0.1, 0.15) is 54.6 Å². The molecule has 51 heavy (non-hydrogen) atoms. The summed E-state index contributed by atoms with van der Waals surface area (Å²) in [6, 6.07) is 41.0. The van der Waals surface area contributed by atoms with E-state index in [0.717, 1.165) is 28.0 Å². The van der Waals surface area contributed by atoms with Crippen LogP contribution in [0.3, 0.4) is 0 Å². The molecule has 0 spiro atoms. The lowest BCUT2D eigenvalue weighted by molar-refractivity contribution is -0.276. The van der Waals surface area contributed by atoms with Crippen LogP contribution in [0.25, 0.3) is 0 Å². The summed E-state index contributed by atoms with van der Waals surface area (Å²) in [5, 5.41) is 26.6. The van der Waals surface area contributed by atoms with Gasteiger partial charge in [-0.05, 0) is 79.2 Å². The summed E-state index contributed by atoms with van der Waals surface area (Å²) >= 11 is 0. The number of likely N-dealkylation sites (N-methyl/N-ethyl adjacent to an activating group) is 1. The van der Waals surface area contributed by atoms with Gasteiger partial charge >= 0.3 is 6.03 Å². The third-order valence-electron chi connectivity index (χ3n) is 9.39. The Kier molecular flexibility index (Phi) is 11.8. The van der Waals surface area contributed by atoms with Crippen LogP contribution in [0.5, 0.6) is 11.5 Å². The van der Waals surface area contributed by atoms with E-state index in [0.29, 0.717) is 23.7 Å². The smallest absolute Gasteiger partial charge is 0.323 e. The first-order valence-electron chi connectivity index (χ1n) is 17.2. The van der Waals surface area contributed by atoms with E-state index in [1.165, 1.54) is 0 Å². The Morgan fingerprint density at radius 1 is 0.784 bits per heavy atom. The van der Waals surface area contributed by atoms with Crippen LogP contribution in [0.2, 0.25) is 0 Å². The summed E-state index contributed by atoms with van der Waals surface area (Å²) in [6.07, 6.45) is -1.95. The van der Waals surface area contributed by atoms with Gasteiger partial charge in [0.1, 0.15) is 11.5 Å². The van der Waals surface area contributed by atoms with Gasteiger partial charge < -0.3 is 35.1 Å². The van der Waals surface area contributed by atoms with Gasteiger partial charge in [0.2, 0.25) is 0 Å². The second-order valence-corrected chi connectivity index (χ2v) is 13.0. The van der Waals surface area contributed by atoms with Gasteiger partial charge in [0.15, 0.2) is 6.29 Å². The van der Waals surface area contributed by atoms with Crippen molar-refractivity contribution < 1.29 is 29.2 Å². The number of rotatable bonds is 12. The molecule has 0 unspecified atom stereocenters. The highest BCUT2D eigenvalue weighted by Crippen LogP contribution is 2.42. The molecule has 6 atom stereocenters. The number of nitrogens with one attached hydrogen (secondary N) is 2. The number of carbonyl (C=O) groups excluding carboxylic acids is 1. The molecular weight excluding hydrogens is 642 g/mol. The van der Waals surface area contributed by atoms with Crippen LogP contribution in [-0.2, 0) is 16.1 Å². The van der Waals surface area contributed by atoms with Gasteiger partial charge in [-0.2, -0.15) is 0 Å². The lowest BCUT2D eigenvalue weighted by Gasteiger charge is -2.43. The van der Waals surface area contributed by atoms with Crippen molar-refractivity contribution in [1.82, 2.24) is 4.90 Å². The molecule has 264 valence electrons. The van der Waals surface area contributed by atoms with Crippen molar-refractivity contribution in [1.29, 1.82) is 0 Å². The van der Waals surface area contributed by atoms with Crippen LogP contribution < -0.4 is 15.4 Å². The number of aliphatic hydroxyl groups is 2. The lowest BCUT2D eigenvalue weighted by atomic mass is 9.89. The van der Waals surface area contributed by atoms with Crippen LogP contribution in [0.4, 0.5) is 16.2 Å². The Balaban J connectivity index is 1.15. The number of urea groups is 1. The first-order chi connectivity index (χ1) is 24.8. The van der Waals surface area contributed by atoms with E-state index in [2.05, 4.69) is 22.5 Å². The molecule has 2 amide bonds. The van der Waals surface area contributed by atoms with Crippen LogP contribution in [0, 0.1) is 5.92 Å². The summed E-state index contributed by atoms with van der Waals surface area (Å²) in [4.78, 5) is 15.1. The number of hydrogen-bond acceptors (Lipinski definition) is 7. The normalized spacial score (nSPS) is 20.0. The highest BCUT2D eigenvalue weighted by molar-refractivity contribution is 5.99. The molecule has 1 aliphatic rings. The Labute approximate surface area is 299 Å². The fraction of sp³-hybridized carbons (Fsp3) is 0.262. The maximum Gasteiger partial charge on any atom is 0.323 e. The van der Waals surface area contributed by atoms with Gasteiger partial charge in [0, 0.05) is 35.4 Å². The fourth-order valence-corrected chi connectivity index (χ4v) is 6.24. The Bertz CT molecular complexity index is 1840. The second kappa shape index (κ2) is 16.8. The molecule has 1 fully saturated rings. The molecule has 1 aliphatic heterocycles. The maximum absolute atomic E-state index is 13.0. The van der Waals surface area contributed by atoms with E-state index in [1.807, 2.05) is 123 Å². The summed E-state index contributed by atoms with van der Waals surface area (Å²) in [5.41, 5.74) is 4.61. The summed E-state index contributed by atoms with van der Waals surface area (Å²) in [5.74, 6) is 1.36. The number of amides is 2. The molecule has 1 saturated heterocycles. The van der Waals surface area contributed by atoms with Crippen molar-refractivity contribution in [3.8, 4) is 11.5 Å². The topological polar surface area (TPSA) is 113 Å². The zero-order valence-corrected chi connectivity index (χ0v) is 29.1. The first kappa shape index (κ1) is 35.8. The van der Waals surface area contributed by atoms with Gasteiger partial charge in [-0.1, -0.05) is 91.9 Å². The summed E-state index contributed by atoms with van der Waals surface area (Å²) in [7, 11) is 2.00. The van der Waals surface area contributed by atoms with Crippen molar-refractivity contribution in [2.24, 2.45) is 5.92 Å². The third kappa shape index (κ3) is 9.21. The van der Waals surface area contributed by atoms with Gasteiger partial charge in [-0.3, -0.25) is 4.90 Å². The number of hydrogen-bond donors (Lipinski definition) is 4. The van der Waals surface area contributed by atoms with E-state index in [4.69, 9.17) is 14.2 Å². The molecule has 5 aromatic rings. The van der Waals surface area contributed by atoms with Gasteiger partial charge in [-0.15, -0.1) is 0 Å². The number of para-hydroxylation sites is 1. The Morgan fingerprint density at radius 2 is 1.43 bits per heavy atom. The second-order valence-electron chi connectivity index (χ2n) is 13.0. The highest BCUT2D eigenvalue weighted by Gasteiger charge is 2.39. The van der Waals surface area contributed by atoms with Crippen LogP contribution >= 0.6 is 0 Å². The quantitative estimate of drug-likeness (QED) is 0.104. The summed E-state index contributed by atoms with van der Waals surface area (Å²) < 4.78 is 19.2. The molecule has 0 aromatic heterocycles. The SMILES string of the molecule is C[C@@H]1[C@H](CN(C)[C@@H](C)[C@H](O)c2ccccc2)O[C@H](c2cccc(NC(=O)Nc3ccc(Oc4ccccc4)cc3)c2)O[C@@H]1c1ccc(CO)cc1. The van der Waals surface area contributed by atoms with Crippen molar-refractivity contribution in [2.45, 2.75) is 51.1 Å². The lowest BCUT2D eigenvalue weighted by Crippen LogP contribution is -2.46. The average molecular weight is 688 g/mol. The molecule has 9 nitrogen and oxygen atoms in total. The molecule has 4 N–H and O–H groups in total. The molecular formula is C42H45N3O6. The molecule has 0 saturated carbocycles. The minimum Gasteiger partial charge on any atom is -0.457 e. The number of benzene rings is 5. The molecule has 0 radical (unpaired) electrons. The molecule has 5 aromatic carbocycles. The van der Waals surface area contributed by atoms with Crippen molar-refractivity contribution in [3.63, 3.8) is 0 Å². The first-order valence-corrected chi connectivity index (χ1v) is 17.2. The zero-order chi connectivity index (χ0) is 35.7. The number of nitrogens with zero attached hydrogens (tertiary/aromatic N) is 1. The molecule has 0 bridgehead atoms. The standard InChI is InChI=1S/C42H45N3O6/c1-28-38(26-45(3)29(2)39(47)31-11-6-4-7-12-31)50-41(51-40(28)32-19-17-30(27-46)18-20-32)33-13-10-14-35(25-33)44-42(48)43-34-21-23-37(24-22-34)49-36-15-8-5-9-16-36/h4-25,28-29,38-41,46-47H,26-27H2,1-3H3,(H2,43,44,48)/t28-,29+,38+,39+,40+,41+/m1/s1. The minimum atomic E-state index is -0.724. The number of aliphatic hydroxyl groups excluding tert-OH is 2. The Hall–Kier alpha value is -5.03. The largest absolute Gasteiger partial charge is 0.457 e. The number of carbonyl (C=O) groups is 1. The van der Waals surface area contributed by atoms with Crippen molar-refractivity contribution in [2.75, 3.05) is 24.2 Å². The van der Waals surface area contributed by atoms with Gasteiger partial charge in [0.05, 0.1) is 24.9 Å². The van der Waals surface area contributed by atoms with E-state index in [-0.39, 0.29) is 30.8 Å². The molecule has 1 heterocycles. The van der Waals surface area contributed by atoms with E-state index in [9.17, 15) is 15.0 Å². The van der Waals surface area contributed by atoms with Gasteiger partial charge in [-0.25, -0.2) is 4.79 Å². The third-order valence-corrected chi connectivity index (χ3v) is 9.39. The Morgan fingerprint density at radius 3 is 2.12 bits per heavy atom. The van der Waals surface area contributed by atoms with Crippen LogP contribution in [-0.4, -0.2) is 46.9 Å². The van der Waals surface area contributed by atoms with E-state index >= 15 is 0 Å². The zero-order valence-electron chi connectivity index (χ0n) is 29.1. The number of anilines is 2. The van der Waals surface area contributed by atoms with Gasteiger partial charge in [0.25, 0.3) is 0 Å². The van der Waals surface area contributed by atoms with E-state index < -0.39 is 18.4 Å². The maximum atomic E-state index is 13.0. The average Bonchev–Trinajstić information content (AvgIpc) is 3.16. The highest BCUT2D eigenvalue weighted by atomic mass is 16.7. The predicted octanol–water partition coefficient (Wildman–Crippen LogP) is 8.46. The molecule has 6 rings (SSSR count). The predicted molar refractivity (Wildman–Crippen MR) is 199 cm³/mol. The van der Waals surface area contributed by atoms with Crippen molar-refractivity contribution in [3.05, 3.63) is 156 Å². The van der Waals surface area contributed by atoms with E-state index in [1.54, 1.807) is 24.3 Å². The molecule has 0 aliphatic carbocycles. The monoisotopic (exact) mass is 687 g/mol. The minimum absolute atomic E-state index is 0.0382. The molecule has 9 heteroatoms. The fourth-order valence-electron chi connectivity index (χ4n) is 6.24. The van der Waals surface area contributed by atoms with Crippen LogP contribution in [0.15, 0.2) is 133 Å².